The van der Waals surface area contributed by atoms with Crippen molar-refractivity contribution in [3.8, 4) is 0 Å². The van der Waals surface area contributed by atoms with Crippen molar-refractivity contribution < 1.29 is 23.1 Å². The molecule has 0 aromatic carbocycles. The Bertz CT molecular complexity index is 376. The predicted octanol–water partition coefficient (Wildman–Crippen LogP) is 1.38. The van der Waals surface area contributed by atoms with Crippen LogP contribution in [0.1, 0.15) is 16.1 Å². The van der Waals surface area contributed by atoms with Gasteiger partial charge in [0.05, 0.1) is 0 Å². The van der Waals surface area contributed by atoms with Gasteiger partial charge in [-0.15, -0.1) is 0 Å². The summed E-state index contributed by atoms with van der Waals surface area (Å²) in [7, 11) is 0. The molecule has 76 valence electrons. The molecule has 7 heteroatoms. The Labute approximate surface area is 76.2 Å². The first-order valence-corrected chi connectivity index (χ1v) is 3.39. The number of carboxylic acid groups (broad SMARTS) is 1. The number of nitrogen functional groups attached to an aromatic ring is 1. The van der Waals surface area contributed by atoms with Gasteiger partial charge in [0.15, 0.2) is 5.69 Å². The molecule has 0 spiro atoms. The van der Waals surface area contributed by atoms with Gasteiger partial charge in [-0.3, -0.25) is 0 Å². The van der Waals surface area contributed by atoms with E-state index in [9.17, 15) is 18.0 Å². The van der Waals surface area contributed by atoms with Crippen LogP contribution in [0.25, 0.3) is 0 Å². The molecular formula is C7H5F3N2O2. The van der Waals surface area contributed by atoms with Gasteiger partial charge in [0.2, 0.25) is 0 Å². The lowest BCUT2D eigenvalue weighted by Gasteiger charge is -2.11. The van der Waals surface area contributed by atoms with E-state index >= 15 is 0 Å². The van der Waals surface area contributed by atoms with Gasteiger partial charge in [-0.2, -0.15) is 13.2 Å². The standard InChI is InChI=1S/C7H5F3N2O2/c8-7(9,10)4-3(11)1-2-12-5(4)6(13)14/h1-2H,(H2,11,12)(H,13,14). The highest BCUT2D eigenvalue weighted by atomic mass is 19.4. The van der Waals surface area contributed by atoms with E-state index in [1.807, 2.05) is 0 Å². The number of anilines is 1. The normalized spacial score (nSPS) is 11.4. The number of aromatic nitrogens is 1. The molecule has 0 aliphatic carbocycles. The van der Waals surface area contributed by atoms with E-state index in [1.165, 1.54) is 0 Å². The van der Waals surface area contributed by atoms with Gasteiger partial charge < -0.3 is 10.8 Å². The average molecular weight is 206 g/mol. The van der Waals surface area contributed by atoms with Gasteiger partial charge in [0, 0.05) is 11.9 Å². The van der Waals surface area contributed by atoms with Crippen molar-refractivity contribution in [3.05, 3.63) is 23.5 Å². The van der Waals surface area contributed by atoms with E-state index in [0.717, 1.165) is 12.3 Å². The number of alkyl halides is 3. The van der Waals surface area contributed by atoms with E-state index in [4.69, 9.17) is 10.8 Å². The van der Waals surface area contributed by atoms with Crippen LogP contribution < -0.4 is 5.73 Å². The zero-order chi connectivity index (χ0) is 10.9. The quantitative estimate of drug-likeness (QED) is 0.727. The minimum absolute atomic E-state index is 0.648. The van der Waals surface area contributed by atoms with Gasteiger partial charge >= 0.3 is 12.1 Å². The molecule has 0 radical (unpaired) electrons. The minimum Gasteiger partial charge on any atom is -0.476 e. The Kier molecular flexibility index (Phi) is 2.33. The molecule has 0 bridgehead atoms. The Balaban J connectivity index is 3.45. The first kappa shape index (κ1) is 10.3. The van der Waals surface area contributed by atoms with Crippen LogP contribution in [0, 0.1) is 0 Å². The highest BCUT2D eigenvalue weighted by Crippen LogP contribution is 2.35. The van der Waals surface area contributed by atoms with Gasteiger partial charge in [-0.25, -0.2) is 9.78 Å². The third kappa shape index (κ3) is 1.76. The molecule has 1 heterocycles. The molecular weight excluding hydrogens is 201 g/mol. The summed E-state index contributed by atoms with van der Waals surface area (Å²) in [5, 5.41) is 8.44. The number of nitrogens with two attached hydrogens (primary N) is 1. The molecule has 3 N–H and O–H groups in total. The van der Waals surface area contributed by atoms with Crippen LogP contribution in [0.2, 0.25) is 0 Å². The summed E-state index contributed by atoms with van der Waals surface area (Å²) in [5.74, 6) is -1.76. The first-order chi connectivity index (χ1) is 6.34. The number of hydrogen-bond donors (Lipinski definition) is 2. The van der Waals surface area contributed by atoms with Crippen molar-refractivity contribution in [2.75, 3.05) is 5.73 Å². The lowest BCUT2D eigenvalue weighted by Crippen LogP contribution is -2.17. The summed E-state index contributed by atoms with van der Waals surface area (Å²) in [6.45, 7) is 0. The largest absolute Gasteiger partial charge is 0.476 e. The Hall–Kier alpha value is -1.79. The molecule has 0 atom stereocenters. The molecule has 0 aliphatic rings. The van der Waals surface area contributed by atoms with Crippen molar-refractivity contribution in [2.24, 2.45) is 0 Å². The van der Waals surface area contributed by atoms with Crippen molar-refractivity contribution >= 4 is 11.7 Å². The van der Waals surface area contributed by atoms with Crippen LogP contribution >= 0.6 is 0 Å². The van der Waals surface area contributed by atoms with E-state index in [0.29, 0.717) is 0 Å². The van der Waals surface area contributed by atoms with Crippen molar-refractivity contribution in [3.63, 3.8) is 0 Å². The zero-order valence-electron chi connectivity index (χ0n) is 6.67. The van der Waals surface area contributed by atoms with Crippen LogP contribution in [0.5, 0.6) is 0 Å². The molecule has 0 unspecified atom stereocenters. The number of pyridine rings is 1. The van der Waals surface area contributed by atoms with Crippen molar-refractivity contribution in [1.29, 1.82) is 0 Å². The second kappa shape index (κ2) is 3.17. The third-order valence-electron chi connectivity index (χ3n) is 1.47. The maximum atomic E-state index is 12.3. The smallest absolute Gasteiger partial charge is 0.420 e. The first-order valence-electron chi connectivity index (χ1n) is 3.39. The number of carbonyl (C=O) groups is 1. The minimum atomic E-state index is -4.81. The summed E-state index contributed by atoms with van der Waals surface area (Å²) in [6.07, 6.45) is -3.90. The summed E-state index contributed by atoms with van der Waals surface area (Å²) in [4.78, 5) is 13.5. The number of hydrogen-bond acceptors (Lipinski definition) is 3. The number of nitrogens with zero attached hydrogens (tertiary/aromatic N) is 1. The van der Waals surface area contributed by atoms with Crippen molar-refractivity contribution in [2.45, 2.75) is 6.18 Å². The monoisotopic (exact) mass is 206 g/mol. The highest BCUT2D eigenvalue weighted by Gasteiger charge is 2.38. The molecule has 0 saturated heterocycles. The van der Waals surface area contributed by atoms with E-state index < -0.39 is 29.1 Å². The average Bonchev–Trinajstić information content (AvgIpc) is 2.01. The number of halogens is 3. The van der Waals surface area contributed by atoms with E-state index in [2.05, 4.69) is 4.98 Å². The summed E-state index contributed by atoms with van der Waals surface area (Å²) in [6, 6.07) is 0.898. The van der Waals surface area contributed by atoms with Gasteiger partial charge in [0.25, 0.3) is 0 Å². The van der Waals surface area contributed by atoms with Crippen LogP contribution in [0.4, 0.5) is 18.9 Å². The molecule has 1 aromatic heterocycles. The zero-order valence-corrected chi connectivity index (χ0v) is 6.67. The summed E-state index contributed by atoms with van der Waals surface area (Å²) < 4.78 is 36.9. The highest BCUT2D eigenvalue weighted by molar-refractivity contribution is 5.89. The second-order valence-electron chi connectivity index (χ2n) is 2.43. The lowest BCUT2D eigenvalue weighted by molar-refractivity contribution is -0.137. The number of aromatic carboxylic acids is 1. The van der Waals surface area contributed by atoms with Gasteiger partial charge in [-0.1, -0.05) is 0 Å². The topological polar surface area (TPSA) is 76.2 Å². The lowest BCUT2D eigenvalue weighted by atomic mass is 10.1. The predicted molar refractivity (Wildman–Crippen MR) is 40.6 cm³/mol. The molecule has 0 saturated carbocycles. The van der Waals surface area contributed by atoms with E-state index in [1.54, 1.807) is 0 Å². The third-order valence-corrected chi connectivity index (χ3v) is 1.47. The molecule has 14 heavy (non-hydrogen) atoms. The van der Waals surface area contributed by atoms with Crippen LogP contribution in [-0.2, 0) is 6.18 Å². The fraction of sp³-hybridized carbons (Fsp3) is 0.143. The molecule has 1 aromatic rings. The van der Waals surface area contributed by atoms with Crippen LogP contribution in [0.15, 0.2) is 12.3 Å². The molecule has 4 nitrogen and oxygen atoms in total. The Morgan fingerprint density at radius 3 is 2.43 bits per heavy atom. The van der Waals surface area contributed by atoms with E-state index in [-0.39, 0.29) is 0 Å². The van der Waals surface area contributed by atoms with Crippen LogP contribution in [-0.4, -0.2) is 16.1 Å². The molecule has 1 rings (SSSR count). The SMILES string of the molecule is Nc1ccnc(C(=O)O)c1C(F)(F)F. The summed E-state index contributed by atoms with van der Waals surface area (Å²) in [5.41, 5.74) is 1.88. The van der Waals surface area contributed by atoms with Crippen LogP contribution in [0.3, 0.4) is 0 Å². The number of carboxylic acids is 1. The summed E-state index contributed by atoms with van der Waals surface area (Å²) >= 11 is 0. The van der Waals surface area contributed by atoms with Gasteiger partial charge in [0.1, 0.15) is 5.56 Å². The molecule has 0 aliphatic heterocycles. The fourth-order valence-electron chi connectivity index (χ4n) is 0.937. The maximum Gasteiger partial charge on any atom is 0.420 e. The Morgan fingerprint density at radius 1 is 1.50 bits per heavy atom. The van der Waals surface area contributed by atoms with Crippen molar-refractivity contribution in [1.82, 2.24) is 4.98 Å². The number of rotatable bonds is 1. The van der Waals surface area contributed by atoms with Gasteiger partial charge in [-0.05, 0) is 6.07 Å². The maximum absolute atomic E-state index is 12.3. The second-order valence-corrected chi connectivity index (χ2v) is 2.43. The molecule has 0 amide bonds. The molecule has 0 fully saturated rings. The fourth-order valence-corrected chi connectivity index (χ4v) is 0.937. The Morgan fingerprint density at radius 2 is 2.07 bits per heavy atom.